The third-order valence-corrected chi connectivity index (χ3v) is 2.38. The number of ether oxygens (including phenoxy) is 2. The number of hydrogen-bond donors (Lipinski definition) is 1. The monoisotopic (exact) mass is 188 g/mol. The van der Waals surface area contributed by atoms with Crippen LogP contribution < -0.4 is 0 Å². The molecule has 13 heavy (non-hydrogen) atoms. The molecule has 1 N–H and O–H groups in total. The van der Waals surface area contributed by atoms with E-state index in [1.54, 1.807) is 0 Å². The van der Waals surface area contributed by atoms with Gasteiger partial charge in [-0.1, -0.05) is 0 Å². The predicted molar refractivity (Wildman–Crippen MR) is 50.7 cm³/mol. The molecule has 0 aromatic carbocycles. The van der Waals surface area contributed by atoms with Gasteiger partial charge in [0.2, 0.25) is 0 Å². The van der Waals surface area contributed by atoms with Crippen molar-refractivity contribution in [2.45, 2.75) is 44.8 Å². The molecule has 2 heterocycles. The van der Waals surface area contributed by atoms with Gasteiger partial charge in [0.25, 0.3) is 0 Å². The topological polar surface area (TPSA) is 38.7 Å². The van der Waals surface area contributed by atoms with E-state index in [0.29, 0.717) is 6.10 Å². The molecule has 0 aromatic rings. The molecule has 3 nitrogen and oxygen atoms in total. The minimum absolute atomic E-state index is 0.153. The maximum absolute atomic E-state index is 8.44. The quantitative estimate of drug-likeness (QED) is 0.675. The molecule has 2 aliphatic rings. The molecule has 2 unspecified atom stereocenters. The van der Waals surface area contributed by atoms with Crippen molar-refractivity contribution in [1.29, 1.82) is 0 Å². The zero-order valence-corrected chi connectivity index (χ0v) is 8.37. The molecule has 78 valence electrons. The molecule has 3 heteroatoms. The Balaban J connectivity index is 0.000000132. The Labute approximate surface area is 80.0 Å². The van der Waals surface area contributed by atoms with Crippen LogP contribution in [-0.4, -0.2) is 37.1 Å². The summed E-state index contributed by atoms with van der Waals surface area (Å²) in [5.74, 6) is 0. The molecular formula is C10H20O3. The lowest BCUT2D eigenvalue weighted by atomic mass is 10.2. The number of aliphatic hydroxyl groups is 1. The van der Waals surface area contributed by atoms with Gasteiger partial charge in [-0.15, -0.1) is 0 Å². The lowest BCUT2D eigenvalue weighted by Gasteiger charge is -2.00. The lowest BCUT2D eigenvalue weighted by Crippen LogP contribution is -2.09. The Morgan fingerprint density at radius 1 is 1.15 bits per heavy atom. The second kappa shape index (κ2) is 6.35. The number of aliphatic hydroxyl groups excluding tert-OH is 1. The Hall–Kier alpha value is -0.120. The van der Waals surface area contributed by atoms with Gasteiger partial charge in [-0.3, -0.25) is 0 Å². The summed E-state index contributed by atoms with van der Waals surface area (Å²) in [4.78, 5) is 0. The van der Waals surface area contributed by atoms with Gasteiger partial charge in [0, 0.05) is 13.2 Å². The standard InChI is InChI=1S/C5H10O2.C5H10O/c6-4-5-2-1-3-7-5;1-5-3-2-4-6-5/h5-6H,1-4H2;5H,2-4H2,1H3. The fraction of sp³-hybridized carbons (Fsp3) is 1.00. The Bertz CT molecular complexity index is 115. The van der Waals surface area contributed by atoms with Crippen molar-refractivity contribution >= 4 is 0 Å². The van der Waals surface area contributed by atoms with E-state index >= 15 is 0 Å². The van der Waals surface area contributed by atoms with Crippen molar-refractivity contribution in [3.63, 3.8) is 0 Å². The van der Waals surface area contributed by atoms with E-state index in [9.17, 15) is 0 Å². The Kier molecular flexibility index (Phi) is 5.35. The first-order valence-corrected chi connectivity index (χ1v) is 5.17. The van der Waals surface area contributed by atoms with Crippen LogP contribution >= 0.6 is 0 Å². The van der Waals surface area contributed by atoms with E-state index < -0.39 is 0 Å². The minimum atomic E-state index is 0.153. The van der Waals surface area contributed by atoms with Crippen molar-refractivity contribution in [3.05, 3.63) is 0 Å². The van der Waals surface area contributed by atoms with Crippen LogP contribution in [0.5, 0.6) is 0 Å². The first-order chi connectivity index (χ1) is 6.33. The average molecular weight is 188 g/mol. The van der Waals surface area contributed by atoms with E-state index in [1.807, 2.05) is 0 Å². The zero-order chi connectivity index (χ0) is 9.52. The summed E-state index contributed by atoms with van der Waals surface area (Å²) in [5.41, 5.74) is 0. The van der Waals surface area contributed by atoms with Gasteiger partial charge in [-0.2, -0.15) is 0 Å². The van der Waals surface area contributed by atoms with Gasteiger partial charge in [-0.05, 0) is 32.6 Å². The van der Waals surface area contributed by atoms with Gasteiger partial charge >= 0.3 is 0 Å². The van der Waals surface area contributed by atoms with E-state index in [2.05, 4.69) is 6.92 Å². The Morgan fingerprint density at radius 3 is 2.08 bits per heavy atom. The summed E-state index contributed by atoms with van der Waals surface area (Å²) in [6.45, 7) is 4.14. The molecule has 0 amide bonds. The molecule has 2 saturated heterocycles. The summed E-state index contributed by atoms with van der Waals surface area (Å²) in [6, 6.07) is 0. The molecule has 0 radical (unpaired) electrons. The van der Waals surface area contributed by atoms with Crippen LogP contribution in [0.25, 0.3) is 0 Å². The maximum atomic E-state index is 8.44. The summed E-state index contributed by atoms with van der Waals surface area (Å²) < 4.78 is 10.2. The van der Waals surface area contributed by atoms with Crippen LogP contribution in [0, 0.1) is 0 Å². The van der Waals surface area contributed by atoms with Gasteiger partial charge in [0.1, 0.15) is 0 Å². The fourth-order valence-electron chi connectivity index (χ4n) is 1.53. The summed E-state index contributed by atoms with van der Waals surface area (Å²) >= 11 is 0. The van der Waals surface area contributed by atoms with Crippen molar-refractivity contribution in [1.82, 2.24) is 0 Å². The van der Waals surface area contributed by atoms with Crippen LogP contribution in [0.3, 0.4) is 0 Å². The molecule has 2 atom stereocenters. The second-order valence-corrected chi connectivity index (χ2v) is 3.64. The SMILES string of the molecule is CC1CCCO1.OCC1CCCO1. The third-order valence-electron chi connectivity index (χ3n) is 2.38. The molecule has 0 bridgehead atoms. The molecule has 0 spiro atoms. The predicted octanol–water partition coefficient (Wildman–Crippen LogP) is 1.34. The van der Waals surface area contributed by atoms with Crippen LogP contribution in [0.2, 0.25) is 0 Å². The van der Waals surface area contributed by atoms with Crippen molar-refractivity contribution < 1.29 is 14.6 Å². The normalized spacial score (nSPS) is 32.8. The number of rotatable bonds is 1. The van der Waals surface area contributed by atoms with Crippen LogP contribution in [0.15, 0.2) is 0 Å². The zero-order valence-electron chi connectivity index (χ0n) is 8.37. The van der Waals surface area contributed by atoms with Gasteiger partial charge in [0.05, 0.1) is 18.8 Å². The smallest absolute Gasteiger partial charge is 0.0806 e. The highest BCUT2D eigenvalue weighted by Crippen LogP contribution is 2.10. The average Bonchev–Trinajstić information content (AvgIpc) is 2.76. The van der Waals surface area contributed by atoms with E-state index in [-0.39, 0.29) is 12.7 Å². The largest absolute Gasteiger partial charge is 0.394 e. The van der Waals surface area contributed by atoms with E-state index in [0.717, 1.165) is 26.1 Å². The molecule has 2 rings (SSSR count). The molecule has 2 fully saturated rings. The van der Waals surface area contributed by atoms with Gasteiger partial charge in [-0.25, -0.2) is 0 Å². The summed E-state index contributed by atoms with van der Waals surface area (Å²) in [7, 11) is 0. The van der Waals surface area contributed by atoms with Gasteiger partial charge < -0.3 is 14.6 Å². The van der Waals surface area contributed by atoms with Crippen molar-refractivity contribution in [2.24, 2.45) is 0 Å². The second-order valence-electron chi connectivity index (χ2n) is 3.64. The highest BCUT2D eigenvalue weighted by molar-refractivity contribution is 4.61. The minimum Gasteiger partial charge on any atom is -0.394 e. The van der Waals surface area contributed by atoms with Crippen LogP contribution in [0.1, 0.15) is 32.6 Å². The Morgan fingerprint density at radius 2 is 1.85 bits per heavy atom. The van der Waals surface area contributed by atoms with Crippen LogP contribution in [0.4, 0.5) is 0 Å². The number of hydrogen-bond acceptors (Lipinski definition) is 3. The van der Waals surface area contributed by atoms with Gasteiger partial charge in [0.15, 0.2) is 0 Å². The fourth-order valence-corrected chi connectivity index (χ4v) is 1.53. The molecule has 0 aromatic heterocycles. The highest BCUT2D eigenvalue weighted by Gasteiger charge is 2.12. The first-order valence-electron chi connectivity index (χ1n) is 5.17. The summed E-state index contributed by atoms with van der Waals surface area (Å²) in [6.07, 6.45) is 5.38. The molecular weight excluding hydrogens is 168 g/mol. The lowest BCUT2D eigenvalue weighted by molar-refractivity contribution is 0.0591. The highest BCUT2D eigenvalue weighted by atomic mass is 16.5. The summed E-state index contributed by atoms with van der Waals surface area (Å²) in [5, 5.41) is 8.44. The van der Waals surface area contributed by atoms with Crippen LogP contribution in [-0.2, 0) is 9.47 Å². The molecule has 0 saturated carbocycles. The molecule has 2 aliphatic heterocycles. The first kappa shape index (κ1) is 11.0. The maximum Gasteiger partial charge on any atom is 0.0806 e. The third kappa shape index (κ3) is 4.60. The van der Waals surface area contributed by atoms with E-state index in [4.69, 9.17) is 14.6 Å². The molecule has 0 aliphatic carbocycles. The van der Waals surface area contributed by atoms with E-state index in [1.165, 1.54) is 12.8 Å². The van der Waals surface area contributed by atoms with Crippen molar-refractivity contribution in [3.8, 4) is 0 Å². The van der Waals surface area contributed by atoms with Crippen molar-refractivity contribution in [2.75, 3.05) is 19.8 Å².